The first-order chi connectivity index (χ1) is 17.0. The number of methoxy groups -OCH3 is 1. The Bertz CT molecular complexity index is 1190. The Balaban J connectivity index is 1.53. The van der Waals surface area contributed by atoms with Crippen molar-refractivity contribution in [1.29, 1.82) is 0 Å². The van der Waals surface area contributed by atoms with Gasteiger partial charge in [0.05, 0.1) is 12.6 Å². The highest BCUT2D eigenvalue weighted by atomic mass is 16.5. The molecule has 0 saturated carbocycles. The lowest BCUT2D eigenvalue weighted by Crippen LogP contribution is -2.40. The molecule has 2 amide bonds. The average molecular weight is 477 g/mol. The molecule has 35 heavy (non-hydrogen) atoms. The van der Waals surface area contributed by atoms with E-state index in [9.17, 15) is 9.59 Å². The van der Waals surface area contributed by atoms with Gasteiger partial charge in [0.1, 0.15) is 18.1 Å². The summed E-state index contributed by atoms with van der Waals surface area (Å²) in [5.41, 5.74) is 4.56. The third-order valence-corrected chi connectivity index (χ3v) is 6.18. The number of amides is 2. The largest absolute Gasteiger partial charge is 0.486 e. The molecule has 0 saturated heterocycles. The van der Waals surface area contributed by atoms with Gasteiger partial charge < -0.3 is 24.1 Å². The van der Waals surface area contributed by atoms with Gasteiger partial charge in [0.25, 0.3) is 5.91 Å². The summed E-state index contributed by atoms with van der Waals surface area (Å²) in [6.45, 7) is 5.70. The first-order valence-corrected chi connectivity index (χ1v) is 12.0. The van der Waals surface area contributed by atoms with E-state index in [0.29, 0.717) is 37.6 Å². The molecule has 0 radical (unpaired) electrons. The van der Waals surface area contributed by atoms with Crippen molar-refractivity contribution in [3.63, 3.8) is 0 Å². The lowest BCUT2D eigenvalue weighted by Gasteiger charge is -2.38. The van der Waals surface area contributed by atoms with E-state index in [4.69, 9.17) is 13.9 Å². The molecule has 1 N–H and O–H groups in total. The van der Waals surface area contributed by atoms with Crippen molar-refractivity contribution in [2.24, 2.45) is 0 Å². The molecule has 0 fully saturated rings. The molecule has 1 aromatic heterocycles. The highest BCUT2D eigenvalue weighted by Crippen LogP contribution is 2.38. The number of hydrogen-bond donors (Lipinski definition) is 1. The maximum absolute atomic E-state index is 12.8. The van der Waals surface area contributed by atoms with Crippen LogP contribution in [0.25, 0.3) is 0 Å². The second-order valence-electron chi connectivity index (χ2n) is 8.67. The second-order valence-corrected chi connectivity index (χ2v) is 8.67. The molecule has 0 spiro atoms. The molecule has 2 heterocycles. The quantitative estimate of drug-likeness (QED) is 0.462. The summed E-state index contributed by atoms with van der Waals surface area (Å²) >= 11 is 0. The van der Waals surface area contributed by atoms with Gasteiger partial charge in [0.2, 0.25) is 5.91 Å². The predicted octanol–water partition coefficient (Wildman–Crippen LogP) is 4.43. The Kier molecular flexibility index (Phi) is 7.87. The van der Waals surface area contributed by atoms with Crippen molar-refractivity contribution in [2.45, 2.75) is 39.3 Å². The average Bonchev–Trinajstić information content (AvgIpc) is 3.35. The summed E-state index contributed by atoms with van der Waals surface area (Å²) in [4.78, 5) is 26.9. The molecule has 1 aliphatic heterocycles. The molecule has 7 heteroatoms. The molecule has 4 rings (SSSR count). The maximum atomic E-state index is 12.8. The number of ether oxygens (including phenoxy) is 2. The summed E-state index contributed by atoms with van der Waals surface area (Å²) < 4.78 is 16.6. The third kappa shape index (κ3) is 5.74. The molecule has 3 aromatic rings. The molecule has 0 unspecified atom stereocenters. The molecule has 2 aromatic carbocycles. The number of nitrogens with one attached hydrogen (secondary N) is 1. The molecule has 1 atom stereocenters. The van der Waals surface area contributed by atoms with Crippen LogP contribution in [0.1, 0.15) is 58.0 Å². The Morgan fingerprint density at radius 1 is 1.14 bits per heavy atom. The molecule has 0 bridgehead atoms. The Morgan fingerprint density at radius 3 is 2.77 bits per heavy atom. The van der Waals surface area contributed by atoms with Crippen LogP contribution in [-0.2, 0) is 22.6 Å². The number of hydrogen-bond acceptors (Lipinski definition) is 5. The van der Waals surface area contributed by atoms with Gasteiger partial charge in [0.15, 0.2) is 5.76 Å². The summed E-state index contributed by atoms with van der Waals surface area (Å²) in [7, 11) is 1.58. The van der Waals surface area contributed by atoms with Gasteiger partial charge in [-0.15, -0.1) is 0 Å². The number of carbonyl (C=O) groups is 2. The molecule has 1 aliphatic rings. The lowest BCUT2D eigenvalue weighted by atomic mass is 9.87. The summed E-state index contributed by atoms with van der Waals surface area (Å²) in [6.07, 6.45) is 1.27. The first-order valence-electron chi connectivity index (χ1n) is 12.0. The van der Waals surface area contributed by atoms with Crippen LogP contribution in [-0.4, -0.2) is 43.5 Å². The minimum Gasteiger partial charge on any atom is -0.486 e. The van der Waals surface area contributed by atoms with Crippen molar-refractivity contribution in [3.8, 4) is 5.75 Å². The predicted molar refractivity (Wildman–Crippen MR) is 132 cm³/mol. The number of rotatable bonds is 9. The number of benzene rings is 2. The van der Waals surface area contributed by atoms with Crippen LogP contribution in [0, 0.1) is 6.92 Å². The molecular weight excluding hydrogens is 444 g/mol. The normalized spacial score (nSPS) is 14.9. The first kappa shape index (κ1) is 24.5. The van der Waals surface area contributed by atoms with E-state index in [1.165, 1.54) is 5.56 Å². The van der Waals surface area contributed by atoms with Gasteiger partial charge in [-0.25, -0.2) is 0 Å². The van der Waals surface area contributed by atoms with Gasteiger partial charge in [-0.2, -0.15) is 0 Å². The van der Waals surface area contributed by atoms with Crippen LogP contribution in [0.2, 0.25) is 0 Å². The van der Waals surface area contributed by atoms with Gasteiger partial charge in [-0.3, -0.25) is 9.59 Å². The van der Waals surface area contributed by atoms with E-state index >= 15 is 0 Å². The lowest BCUT2D eigenvalue weighted by molar-refractivity contribution is -0.132. The minimum atomic E-state index is -0.288. The highest BCUT2D eigenvalue weighted by molar-refractivity contribution is 5.91. The smallest absolute Gasteiger partial charge is 0.287 e. The van der Waals surface area contributed by atoms with Crippen LogP contribution < -0.4 is 10.1 Å². The summed E-state index contributed by atoms with van der Waals surface area (Å²) in [5, 5.41) is 2.73. The third-order valence-electron chi connectivity index (χ3n) is 6.18. The summed E-state index contributed by atoms with van der Waals surface area (Å²) in [6, 6.07) is 17.6. The maximum Gasteiger partial charge on any atom is 0.287 e. The van der Waals surface area contributed by atoms with Crippen LogP contribution in [0.3, 0.4) is 0 Å². The Labute approximate surface area is 206 Å². The monoisotopic (exact) mass is 476 g/mol. The van der Waals surface area contributed by atoms with E-state index in [2.05, 4.69) is 36.5 Å². The number of furan rings is 1. The zero-order chi connectivity index (χ0) is 24.8. The fraction of sp³-hybridized carbons (Fsp3) is 0.357. The fourth-order valence-corrected chi connectivity index (χ4v) is 4.44. The highest BCUT2D eigenvalue weighted by Gasteiger charge is 2.31. The number of aryl methyl sites for hydroxylation is 1. The number of nitrogens with zero attached hydrogens (tertiary/aromatic N) is 1. The van der Waals surface area contributed by atoms with Gasteiger partial charge in [-0.05, 0) is 54.3 Å². The Morgan fingerprint density at radius 2 is 2.00 bits per heavy atom. The Hall–Kier alpha value is -3.58. The second kappa shape index (κ2) is 11.2. The molecule has 0 aliphatic carbocycles. The van der Waals surface area contributed by atoms with Gasteiger partial charge in [0, 0.05) is 26.6 Å². The van der Waals surface area contributed by atoms with E-state index in [-0.39, 0.29) is 30.2 Å². The van der Waals surface area contributed by atoms with Gasteiger partial charge in [-0.1, -0.05) is 42.8 Å². The van der Waals surface area contributed by atoms with Crippen LogP contribution >= 0.6 is 0 Å². The minimum absolute atomic E-state index is 0.139. The van der Waals surface area contributed by atoms with Crippen LogP contribution in [0.4, 0.5) is 0 Å². The van der Waals surface area contributed by atoms with E-state index < -0.39 is 0 Å². The zero-order valence-electron chi connectivity index (χ0n) is 20.5. The van der Waals surface area contributed by atoms with Gasteiger partial charge >= 0.3 is 0 Å². The van der Waals surface area contributed by atoms with Crippen LogP contribution in [0.5, 0.6) is 5.75 Å². The number of carbonyl (C=O) groups excluding carboxylic acids is 2. The van der Waals surface area contributed by atoms with Crippen molar-refractivity contribution < 1.29 is 23.5 Å². The topological polar surface area (TPSA) is 81.0 Å². The van der Waals surface area contributed by atoms with E-state index in [1.807, 2.05) is 30.0 Å². The fourth-order valence-electron chi connectivity index (χ4n) is 4.44. The van der Waals surface area contributed by atoms with E-state index in [0.717, 1.165) is 23.1 Å². The zero-order valence-corrected chi connectivity index (χ0v) is 20.5. The molecular formula is C28H32N2O5. The summed E-state index contributed by atoms with van der Waals surface area (Å²) in [5.74, 6) is 1.33. The molecule has 7 nitrogen and oxygen atoms in total. The SMILES string of the molecule is CCC(=O)N1CCc2ccc(OCc3ccc(C(=O)NCCOC)o3)cc2[C@H]1c1cccc(C)c1. The van der Waals surface area contributed by atoms with Crippen LogP contribution in [0.15, 0.2) is 59.0 Å². The van der Waals surface area contributed by atoms with Crippen molar-refractivity contribution in [2.75, 3.05) is 26.8 Å². The van der Waals surface area contributed by atoms with Crippen molar-refractivity contribution >= 4 is 11.8 Å². The van der Waals surface area contributed by atoms with E-state index in [1.54, 1.807) is 19.2 Å². The van der Waals surface area contributed by atoms with Crippen molar-refractivity contribution in [3.05, 3.63) is 88.4 Å². The standard InChI is InChI=1S/C28H32N2O5/c1-4-26(31)30-14-12-20-8-9-22(17-24(20)27(30)21-7-5-6-19(2)16-21)34-18-23-10-11-25(35-23)28(32)29-13-15-33-3/h5-11,16-17,27H,4,12-15,18H2,1-3H3,(H,29,32)/t27-/m1/s1. The van der Waals surface area contributed by atoms with Crippen molar-refractivity contribution in [1.82, 2.24) is 10.2 Å². The molecule has 184 valence electrons. The number of fused-ring (bicyclic) bond motifs is 1.